The first kappa shape index (κ1) is 11.1. The molecule has 2 aromatic rings. The molecule has 84 valence electrons. The average Bonchev–Trinajstić information content (AvgIpc) is 2.58. The summed E-state index contributed by atoms with van der Waals surface area (Å²) in [5, 5.41) is 0.681. The molecule has 1 aromatic heterocycles. The van der Waals surface area contributed by atoms with Gasteiger partial charge in [0, 0.05) is 22.7 Å². The van der Waals surface area contributed by atoms with Gasteiger partial charge in [-0.05, 0) is 6.07 Å². The van der Waals surface area contributed by atoms with E-state index >= 15 is 0 Å². The van der Waals surface area contributed by atoms with Gasteiger partial charge >= 0.3 is 7.60 Å². The van der Waals surface area contributed by atoms with Gasteiger partial charge < -0.3 is 14.8 Å². The number of hydrogen-bond acceptors (Lipinski definition) is 2. The standard InChI is InChI=1S/C10H10NO4P/c12-10(6-16(13,14)15)8-5-11-9-4-2-1-3-7(8)9/h1-5,11H,6H2,(H2,13,14,15). The summed E-state index contributed by atoms with van der Waals surface area (Å²) in [4.78, 5) is 32.0. The molecule has 0 aliphatic heterocycles. The van der Waals surface area contributed by atoms with Crippen LogP contribution < -0.4 is 0 Å². The maximum Gasteiger partial charge on any atom is 0.333 e. The quantitative estimate of drug-likeness (QED) is 0.559. The smallest absolute Gasteiger partial charge is 0.333 e. The molecule has 1 heterocycles. The van der Waals surface area contributed by atoms with E-state index in [4.69, 9.17) is 9.79 Å². The molecule has 0 atom stereocenters. The van der Waals surface area contributed by atoms with Crippen LogP contribution in [0.4, 0.5) is 0 Å². The van der Waals surface area contributed by atoms with Crippen molar-refractivity contribution in [3.8, 4) is 0 Å². The Morgan fingerprint density at radius 2 is 2.00 bits per heavy atom. The number of para-hydroxylation sites is 1. The van der Waals surface area contributed by atoms with Crippen molar-refractivity contribution in [1.29, 1.82) is 0 Å². The van der Waals surface area contributed by atoms with Crippen molar-refractivity contribution in [3.63, 3.8) is 0 Å². The fourth-order valence-electron chi connectivity index (χ4n) is 1.57. The van der Waals surface area contributed by atoms with Crippen LogP contribution in [0, 0.1) is 0 Å². The second-order valence-corrected chi connectivity index (χ2v) is 5.14. The van der Waals surface area contributed by atoms with Crippen molar-refractivity contribution in [2.24, 2.45) is 0 Å². The predicted molar refractivity (Wildman–Crippen MR) is 59.5 cm³/mol. The molecule has 0 saturated heterocycles. The Morgan fingerprint density at radius 3 is 2.69 bits per heavy atom. The van der Waals surface area contributed by atoms with Crippen LogP contribution in [0.1, 0.15) is 10.4 Å². The first-order chi connectivity index (χ1) is 7.47. The van der Waals surface area contributed by atoms with Gasteiger partial charge in [-0.25, -0.2) is 0 Å². The first-order valence-electron chi connectivity index (χ1n) is 4.61. The summed E-state index contributed by atoms with van der Waals surface area (Å²) in [6, 6.07) is 7.11. The minimum Gasteiger partial charge on any atom is -0.360 e. The molecule has 0 aliphatic rings. The normalized spacial score (nSPS) is 11.9. The van der Waals surface area contributed by atoms with Crippen LogP contribution in [0.5, 0.6) is 0 Å². The van der Waals surface area contributed by atoms with E-state index in [1.165, 1.54) is 6.20 Å². The molecule has 0 aliphatic carbocycles. The molecular formula is C10H10NO4P. The van der Waals surface area contributed by atoms with Gasteiger partial charge in [0.05, 0.1) is 0 Å². The van der Waals surface area contributed by atoms with Crippen LogP contribution in [0.2, 0.25) is 0 Å². The lowest BCUT2D eigenvalue weighted by Crippen LogP contribution is -2.04. The van der Waals surface area contributed by atoms with Gasteiger partial charge in [-0.15, -0.1) is 0 Å². The maximum absolute atomic E-state index is 11.6. The van der Waals surface area contributed by atoms with E-state index in [0.717, 1.165) is 5.52 Å². The van der Waals surface area contributed by atoms with Crippen LogP contribution >= 0.6 is 7.60 Å². The average molecular weight is 239 g/mol. The second-order valence-electron chi connectivity index (χ2n) is 3.49. The molecular weight excluding hydrogens is 229 g/mol. The van der Waals surface area contributed by atoms with Crippen LogP contribution in [-0.4, -0.2) is 26.7 Å². The topological polar surface area (TPSA) is 90.4 Å². The van der Waals surface area contributed by atoms with E-state index in [1.54, 1.807) is 18.2 Å². The van der Waals surface area contributed by atoms with E-state index in [0.29, 0.717) is 10.9 Å². The number of fused-ring (bicyclic) bond motifs is 1. The largest absolute Gasteiger partial charge is 0.360 e. The Balaban J connectivity index is 2.41. The molecule has 5 nitrogen and oxygen atoms in total. The van der Waals surface area contributed by atoms with Crippen molar-refractivity contribution in [1.82, 2.24) is 4.98 Å². The van der Waals surface area contributed by atoms with E-state index in [2.05, 4.69) is 4.98 Å². The zero-order valence-electron chi connectivity index (χ0n) is 8.25. The summed E-state index contributed by atoms with van der Waals surface area (Å²) >= 11 is 0. The third-order valence-electron chi connectivity index (χ3n) is 2.24. The fraction of sp³-hybridized carbons (Fsp3) is 0.100. The number of nitrogens with one attached hydrogen (secondary N) is 1. The monoisotopic (exact) mass is 239 g/mol. The third-order valence-corrected chi connectivity index (χ3v) is 2.94. The zero-order valence-corrected chi connectivity index (χ0v) is 9.15. The summed E-state index contributed by atoms with van der Waals surface area (Å²) in [6.07, 6.45) is 0.720. The highest BCUT2D eigenvalue weighted by atomic mass is 31.2. The molecule has 0 fully saturated rings. The van der Waals surface area contributed by atoms with Crippen molar-refractivity contribution >= 4 is 24.3 Å². The van der Waals surface area contributed by atoms with Gasteiger partial charge in [0.1, 0.15) is 6.16 Å². The Kier molecular flexibility index (Phi) is 2.68. The Hall–Kier alpha value is -1.42. The summed E-state index contributed by atoms with van der Waals surface area (Å²) in [5.74, 6) is -0.550. The molecule has 0 radical (unpaired) electrons. The van der Waals surface area contributed by atoms with Crippen LogP contribution in [0.15, 0.2) is 30.5 Å². The number of ketones is 1. The van der Waals surface area contributed by atoms with E-state index in [1.807, 2.05) is 6.07 Å². The second kappa shape index (κ2) is 3.87. The maximum atomic E-state index is 11.6. The number of rotatable bonds is 3. The lowest BCUT2D eigenvalue weighted by Gasteiger charge is -2.01. The first-order valence-corrected chi connectivity index (χ1v) is 6.41. The van der Waals surface area contributed by atoms with Crippen molar-refractivity contribution in [3.05, 3.63) is 36.0 Å². The highest BCUT2D eigenvalue weighted by molar-refractivity contribution is 7.52. The molecule has 16 heavy (non-hydrogen) atoms. The molecule has 0 amide bonds. The zero-order chi connectivity index (χ0) is 11.8. The summed E-state index contributed by atoms with van der Waals surface area (Å²) in [7, 11) is -4.30. The molecule has 3 N–H and O–H groups in total. The Bertz CT molecular complexity index is 583. The number of benzene rings is 1. The molecule has 0 spiro atoms. The minimum atomic E-state index is -4.30. The lowest BCUT2D eigenvalue weighted by atomic mass is 10.1. The van der Waals surface area contributed by atoms with Gasteiger partial charge in [0.25, 0.3) is 0 Å². The highest BCUT2D eigenvalue weighted by Crippen LogP contribution is 2.35. The van der Waals surface area contributed by atoms with E-state index in [9.17, 15) is 9.36 Å². The van der Waals surface area contributed by atoms with E-state index < -0.39 is 19.5 Å². The van der Waals surface area contributed by atoms with Gasteiger partial charge in [-0.1, -0.05) is 18.2 Å². The number of H-pyrrole nitrogens is 1. The summed E-state index contributed by atoms with van der Waals surface area (Å²) < 4.78 is 10.7. The van der Waals surface area contributed by atoms with Gasteiger partial charge in [0.15, 0.2) is 5.78 Å². The predicted octanol–water partition coefficient (Wildman–Crippen LogP) is 1.53. The lowest BCUT2D eigenvalue weighted by molar-refractivity contribution is 0.101. The minimum absolute atomic E-state index is 0.318. The van der Waals surface area contributed by atoms with Crippen LogP contribution in [-0.2, 0) is 4.57 Å². The van der Waals surface area contributed by atoms with Gasteiger partial charge in [-0.3, -0.25) is 9.36 Å². The highest BCUT2D eigenvalue weighted by Gasteiger charge is 2.22. The van der Waals surface area contributed by atoms with Crippen molar-refractivity contribution in [2.75, 3.05) is 6.16 Å². The number of aromatic amines is 1. The number of carbonyl (C=O) groups excluding carboxylic acids is 1. The van der Waals surface area contributed by atoms with Crippen molar-refractivity contribution < 1.29 is 19.1 Å². The van der Waals surface area contributed by atoms with Gasteiger partial charge in [0.2, 0.25) is 0 Å². The number of carbonyl (C=O) groups is 1. The number of hydrogen-bond donors (Lipinski definition) is 3. The van der Waals surface area contributed by atoms with Crippen LogP contribution in [0.25, 0.3) is 10.9 Å². The molecule has 6 heteroatoms. The molecule has 0 unspecified atom stereocenters. The molecule has 2 rings (SSSR count). The Labute approximate surface area is 91.3 Å². The fourth-order valence-corrected chi connectivity index (χ4v) is 2.12. The molecule has 0 saturated carbocycles. The van der Waals surface area contributed by atoms with E-state index in [-0.39, 0.29) is 0 Å². The SMILES string of the molecule is O=C(CP(=O)(O)O)c1c[nH]c2ccccc12. The number of aromatic nitrogens is 1. The Morgan fingerprint density at radius 1 is 1.31 bits per heavy atom. The molecule has 0 bridgehead atoms. The van der Waals surface area contributed by atoms with Gasteiger partial charge in [-0.2, -0.15) is 0 Å². The summed E-state index contributed by atoms with van der Waals surface area (Å²) in [5.41, 5.74) is 1.09. The summed E-state index contributed by atoms with van der Waals surface area (Å²) in [6.45, 7) is 0. The number of Topliss-reactive ketones (excluding diaryl/α,β-unsaturated/α-hetero) is 1. The molecule has 1 aromatic carbocycles. The van der Waals surface area contributed by atoms with Crippen molar-refractivity contribution in [2.45, 2.75) is 0 Å². The third kappa shape index (κ3) is 2.22. The van der Waals surface area contributed by atoms with Crippen LogP contribution in [0.3, 0.4) is 0 Å².